The Balaban J connectivity index is 1.27. The topological polar surface area (TPSA) is 108 Å². The highest BCUT2D eigenvalue weighted by molar-refractivity contribution is 7.89. The van der Waals surface area contributed by atoms with Crippen LogP contribution >= 0.6 is 11.6 Å². The zero-order valence-electron chi connectivity index (χ0n) is 21.2. The minimum Gasteiger partial charge on any atom is -0.379 e. The van der Waals surface area contributed by atoms with E-state index in [-0.39, 0.29) is 36.4 Å². The van der Waals surface area contributed by atoms with Gasteiger partial charge in [-0.3, -0.25) is 14.5 Å². The molecule has 2 aromatic rings. The number of piperazine rings is 1. The van der Waals surface area contributed by atoms with Crippen LogP contribution in [0, 0.1) is 0 Å². The fourth-order valence-corrected chi connectivity index (χ4v) is 7.19. The first-order valence-electron chi connectivity index (χ1n) is 13.1. The molecule has 2 atom stereocenters. The van der Waals surface area contributed by atoms with Gasteiger partial charge in [-0.2, -0.15) is 4.31 Å². The van der Waals surface area contributed by atoms with E-state index >= 15 is 0 Å². The fraction of sp³-hybridized carbons (Fsp3) is 0.481. The second-order valence-electron chi connectivity index (χ2n) is 10.0. The third kappa shape index (κ3) is 6.05. The Morgan fingerprint density at radius 2 is 1.87 bits per heavy atom. The molecule has 9 nitrogen and oxygen atoms in total. The predicted octanol–water partition coefficient (Wildman–Crippen LogP) is 2.25. The van der Waals surface area contributed by atoms with Crippen molar-refractivity contribution in [2.45, 2.75) is 49.2 Å². The average Bonchev–Trinajstić information content (AvgIpc) is 2.90. The number of amides is 2. The highest BCUT2D eigenvalue weighted by atomic mass is 35.5. The maximum Gasteiger partial charge on any atom is 0.243 e. The molecule has 2 amide bonds. The number of nitrogens with one attached hydrogen (secondary N) is 2. The minimum absolute atomic E-state index is 0.0381. The summed E-state index contributed by atoms with van der Waals surface area (Å²) in [7, 11) is -3.98. The predicted molar refractivity (Wildman–Crippen MR) is 143 cm³/mol. The summed E-state index contributed by atoms with van der Waals surface area (Å²) < 4.78 is 33.2. The number of aryl methyl sites for hydroxylation is 1. The molecule has 0 unspecified atom stereocenters. The summed E-state index contributed by atoms with van der Waals surface area (Å²) in [6.45, 7) is 4.53. The molecule has 38 heavy (non-hydrogen) atoms. The third-order valence-electron chi connectivity index (χ3n) is 7.45. The van der Waals surface area contributed by atoms with E-state index in [1.54, 1.807) is 0 Å². The first-order chi connectivity index (χ1) is 18.3. The number of ether oxygens (including phenoxy) is 1. The Morgan fingerprint density at radius 1 is 1.11 bits per heavy atom. The Labute approximate surface area is 228 Å². The number of carbonyl (C=O) groups excluding carboxylic acids is 2. The smallest absolute Gasteiger partial charge is 0.243 e. The standard InChI is InChI=1S/C27H33ClN4O5S/c28-21-5-7-22(8-6-21)38(35,36)32-11-10-29-27(34)25(32)17-26(33)30-24-3-1-2-20-16-19(4-9-23(20)24)18-31-12-14-37-15-13-31/h4-9,16,24-25H,1-3,10-15,17-18H2,(H,29,34)(H,30,33)/t24-,25-/m1/s1. The van der Waals surface area contributed by atoms with Gasteiger partial charge in [0.1, 0.15) is 6.04 Å². The van der Waals surface area contributed by atoms with Gasteiger partial charge < -0.3 is 15.4 Å². The molecular formula is C27H33ClN4O5S. The number of benzene rings is 2. The van der Waals surface area contributed by atoms with E-state index in [2.05, 4.69) is 33.7 Å². The van der Waals surface area contributed by atoms with Gasteiger partial charge in [-0.15, -0.1) is 0 Å². The third-order valence-corrected chi connectivity index (χ3v) is 9.62. The van der Waals surface area contributed by atoms with Gasteiger partial charge in [0.15, 0.2) is 0 Å². The first-order valence-corrected chi connectivity index (χ1v) is 14.9. The van der Waals surface area contributed by atoms with Gasteiger partial charge in [0.05, 0.1) is 30.6 Å². The van der Waals surface area contributed by atoms with Crippen LogP contribution in [0.15, 0.2) is 47.4 Å². The van der Waals surface area contributed by atoms with Crippen molar-refractivity contribution in [1.82, 2.24) is 19.8 Å². The highest BCUT2D eigenvalue weighted by Gasteiger charge is 2.40. The number of sulfonamides is 1. The molecule has 2 aromatic carbocycles. The zero-order valence-corrected chi connectivity index (χ0v) is 22.8. The molecule has 11 heteroatoms. The minimum atomic E-state index is -3.98. The van der Waals surface area contributed by atoms with Gasteiger partial charge in [-0.1, -0.05) is 29.8 Å². The number of halogens is 1. The van der Waals surface area contributed by atoms with E-state index in [1.165, 1.54) is 35.4 Å². The summed E-state index contributed by atoms with van der Waals surface area (Å²) in [5.74, 6) is -0.820. The summed E-state index contributed by atoms with van der Waals surface area (Å²) in [6.07, 6.45) is 2.45. The molecule has 2 heterocycles. The molecule has 0 spiro atoms. The van der Waals surface area contributed by atoms with Gasteiger partial charge >= 0.3 is 0 Å². The van der Waals surface area contributed by atoms with Crippen LogP contribution in [0.1, 0.15) is 42.0 Å². The maximum absolute atomic E-state index is 13.3. The average molecular weight is 561 g/mol. The molecule has 204 valence electrons. The van der Waals surface area contributed by atoms with E-state index in [4.69, 9.17) is 16.3 Å². The Hall–Kier alpha value is -2.50. The van der Waals surface area contributed by atoms with Gasteiger partial charge in [-0.25, -0.2) is 8.42 Å². The molecular weight excluding hydrogens is 528 g/mol. The van der Waals surface area contributed by atoms with Crippen LogP contribution in [0.25, 0.3) is 0 Å². The highest BCUT2D eigenvalue weighted by Crippen LogP contribution is 2.31. The SMILES string of the molecule is O=C(C[C@@H]1C(=O)NCCN1S(=O)(=O)c1ccc(Cl)cc1)N[C@@H]1CCCc2cc(CN3CCOCC3)ccc21. The van der Waals surface area contributed by atoms with Gasteiger partial charge in [-0.05, 0) is 60.2 Å². The van der Waals surface area contributed by atoms with E-state index in [0.29, 0.717) is 5.02 Å². The van der Waals surface area contributed by atoms with E-state index in [1.807, 2.05) is 0 Å². The van der Waals surface area contributed by atoms with Gasteiger partial charge in [0.25, 0.3) is 0 Å². The number of morpholine rings is 1. The van der Waals surface area contributed by atoms with Crippen molar-refractivity contribution >= 4 is 33.4 Å². The molecule has 3 aliphatic rings. The molecule has 5 rings (SSSR count). The largest absolute Gasteiger partial charge is 0.379 e. The lowest BCUT2D eigenvalue weighted by atomic mass is 9.86. The maximum atomic E-state index is 13.3. The van der Waals surface area contributed by atoms with Crippen molar-refractivity contribution in [3.8, 4) is 0 Å². The number of fused-ring (bicyclic) bond motifs is 1. The molecule has 1 aliphatic carbocycles. The number of nitrogens with zero attached hydrogens (tertiary/aromatic N) is 2. The van der Waals surface area contributed by atoms with Crippen molar-refractivity contribution in [1.29, 1.82) is 0 Å². The number of hydrogen-bond donors (Lipinski definition) is 2. The van der Waals surface area contributed by atoms with Crippen LogP contribution in [0.2, 0.25) is 5.02 Å². The van der Waals surface area contributed by atoms with Crippen LogP contribution in [0.5, 0.6) is 0 Å². The Kier molecular flexibility index (Phi) is 8.35. The molecule has 0 aromatic heterocycles. The summed E-state index contributed by atoms with van der Waals surface area (Å²) in [4.78, 5) is 28.3. The molecule has 2 fully saturated rings. The fourth-order valence-electron chi connectivity index (χ4n) is 5.48. The van der Waals surface area contributed by atoms with Crippen LogP contribution in [0.3, 0.4) is 0 Å². The van der Waals surface area contributed by atoms with Crippen molar-refractivity contribution in [2.75, 3.05) is 39.4 Å². The molecule has 2 N–H and O–H groups in total. The lowest BCUT2D eigenvalue weighted by molar-refractivity contribution is -0.132. The molecule has 0 radical (unpaired) electrons. The van der Waals surface area contributed by atoms with Gasteiger partial charge in [0.2, 0.25) is 21.8 Å². The first kappa shape index (κ1) is 27.1. The van der Waals surface area contributed by atoms with Crippen LogP contribution in [-0.4, -0.2) is 74.9 Å². The monoisotopic (exact) mass is 560 g/mol. The van der Waals surface area contributed by atoms with Crippen molar-refractivity contribution in [3.63, 3.8) is 0 Å². The Morgan fingerprint density at radius 3 is 2.63 bits per heavy atom. The lowest BCUT2D eigenvalue weighted by Crippen LogP contribution is -2.58. The van der Waals surface area contributed by atoms with Crippen LogP contribution < -0.4 is 10.6 Å². The normalized spacial score (nSPS) is 22.9. The number of carbonyl (C=O) groups is 2. The van der Waals surface area contributed by atoms with Crippen LogP contribution in [0.4, 0.5) is 0 Å². The molecule has 0 bridgehead atoms. The number of rotatable bonds is 7. The lowest BCUT2D eigenvalue weighted by Gasteiger charge is -2.34. The Bertz CT molecular complexity index is 1280. The molecule has 2 aliphatic heterocycles. The summed E-state index contributed by atoms with van der Waals surface area (Å²) in [6, 6.07) is 11.0. The zero-order chi connectivity index (χ0) is 26.7. The second kappa shape index (κ2) is 11.7. The summed E-state index contributed by atoms with van der Waals surface area (Å²) in [5.41, 5.74) is 3.57. The van der Waals surface area contributed by atoms with E-state index in [0.717, 1.165) is 62.0 Å². The van der Waals surface area contributed by atoms with Crippen LogP contribution in [-0.2, 0) is 37.3 Å². The van der Waals surface area contributed by atoms with Crippen molar-refractivity contribution in [3.05, 3.63) is 64.2 Å². The summed E-state index contributed by atoms with van der Waals surface area (Å²) >= 11 is 5.92. The van der Waals surface area contributed by atoms with Crippen molar-refractivity contribution < 1.29 is 22.7 Å². The van der Waals surface area contributed by atoms with Crippen molar-refractivity contribution in [2.24, 2.45) is 0 Å². The van der Waals surface area contributed by atoms with E-state index in [9.17, 15) is 18.0 Å². The quantitative estimate of drug-likeness (QED) is 0.538. The molecule has 0 saturated carbocycles. The van der Waals surface area contributed by atoms with E-state index < -0.39 is 22.0 Å². The van der Waals surface area contributed by atoms with Gasteiger partial charge in [0, 0.05) is 37.7 Å². The number of hydrogen-bond acceptors (Lipinski definition) is 6. The second-order valence-corrected chi connectivity index (χ2v) is 12.3. The summed E-state index contributed by atoms with van der Waals surface area (Å²) in [5, 5.41) is 6.19. The molecule has 2 saturated heterocycles.